The van der Waals surface area contributed by atoms with Crippen molar-refractivity contribution >= 4 is 0 Å². The van der Waals surface area contributed by atoms with Crippen molar-refractivity contribution in [1.29, 1.82) is 0 Å². The van der Waals surface area contributed by atoms with Crippen LogP contribution in [0.25, 0.3) is 0 Å². The van der Waals surface area contributed by atoms with Crippen LogP contribution >= 0.6 is 0 Å². The van der Waals surface area contributed by atoms with Gasteiger partial charge in [-0.1, -0.05) is 79.1 Å². The summed E-state index contributed by atoms with van der Waals surface area (Å²) in [6.07, 6.45) is 10.8. The van der Waals surface area contributed by atoms with E-state index in [1.54, 1.807) is 0 Å². The maximum absolute atomic E-state index is 2.49. The van der Waals surface area contributed by atoms with Gasteiger partial charge in [0.2, 0.25) is 0 Å². The minimum Gasteiger partial charge on any atom is -0.0850 e. The molecule has 0 bridgehead atoms. The SMILES string of the molecule is CC1=CCCC(C)(C)C1/C=C(C)/C(C)=C/Cc1ccccc1. The number of benzene rings is 1. The summed E-state index contributed by atoms with van der Waals surface area (Å²) in [6.45, 7) is 11.6. The molecule has 1 unspecified atom stereocenters. The van der Waals surface area contributed by atoms with Crippen LogP contribution in [0.15, 0.2) is 65.3 Å². The van der Waals surface area contributed by atoms with Gasteiger partial charge < -0.3 is 0 Å². The molecule has 0 radical (unpaired) electrons. The van der Waals surface area contributed by atoms with Gasteiger partial charge in [-0.2, -0.15) is 0 Å². The largest absolute Gasteiger partial charge is 0.0850 e. The monoisotopic (exact) mass is 294 g/mol. The molecule has 0 aliphatic heterocycles. The van der Waals surface area contributed by atoms with E-state index in [0.29, 0.717) is 11.3 Å². The zero-order valence-corrected chi connectivity index (χ0v) is 14.8. The summed E-state index contributed by atoms with van der Waals surface area (Å²) in [6, 6.07) is 10.7. The van der Waals surface area contributed by atoms with Crippen molar-refractivity contribution in [2.24, 2.45) is 11.3 Å². The molecule has 118 valence electrons. The summed E-state index contributed by atoms with van der Waals surface area (Å²) in [5.74, 6) is 0.571. The average Bonchev–Trinajstić information content (AvgIpc) is 2.49. The number of allylic oxidation sites excluding steroid dienone is 6. The molecule has 0 spiro atoms. The predicted molar refractivity (Wildman–Crippen MR) is 97.9 cm³/mol. The van der Waals surface area contributed by atoms with Gasteiger partial charge in [-0.05, 0) is 51.0 Å². The number of rotatable bonds is 4. The lowest BCUT2D eigenvalue weighted by Crippen LogP contribution is -2.26. The molecule has 1 aliphatic rings. The maximum atomic E-state index is 2.49. The molecule has 0 amide bonds. The maximum Gasteiger partial charge on any atom is 0.00311 e. The van der Waals surface area contributed by atoms with Gasteiger partial charge in [-0.3, -0.25) is 0 Å². The second-order valence-electron chi connectivity index (χ2n) is 7.38. The topological polar surface area (TPSA) is 0 Å². The summed E-state index contributed by atoms with van der Waals surface area (Å²) in [5.41, 5.74) is 6.11. The Morgan fingerprint density at radius 1 is 1.14 bits per heavy atom. The molecule has 0 N–H and O–H groups in total. The fourth-order valence-corrected chi connectivity index (χ4v) is 3.36. The third-order valence-corrected chi connectivity index (χ3v) is 5.11. The van der Waals surface area contributed by atoms with Crippen molar-refractivity contribution in [2.45, 2.75) is 53.9 Å². The van der Waals surface area contributed by atoms with Crippen LogP contribution in [0.2, 0.25) is 0 Å². The van der Waals surface area contributed by atoms with Gasteiger partial charge in [0.1, 0.15) is 0 Å². The molecule has 0 aromatic heterocycles. The van der Waals surface area contributed by atoms with Crippen molar-refractivity contribution in [3.8, 4) is 0 Å². The molecular formula is C22H30. The molecule has 1 aromatic rings. The lowest BCUT2D eigenvalue weighted by Gasteiger charge is -2.37. The normalized spacial score (nSPS) is 22.4. The average molecular weight is 294 g/mol. The first kappa shape index (κ1) is 16.8. The van der Waals surface area contributed by atoms with Crippen molar-refractivity contribution in [1.82, 2.24) is 0 Å². The van der Waals surface area contributed by atoms with E-state index in [1.165, 1.54) is 35.1 Å². The smallest absolute Gasteiger partial charge is 0.00311 e. The van der Waals surface area contributed by atoms with Gasteiger partial charge in [0.25, 0.3) is 0 Å². The first-order valence-corrected chi connectivity index (χ1v) is 8.46. The molecule has 0 fully saturated rings. The molecule has 22 heavy (non-hydrogen) atoms. The molecule has 1 aliphatic carbocycles. The van der Waals surface area contributed by atoms with Gasteiger partial charge in [-0.15, -0.1) is 0 Å². The van der Waals surface area contributed by atoms with E-state index in [-0.39, 0.29) is 0 Å². The van der Waals surface area contributed by atoms with Crippen molar-refractivity contribution in [3.63, 3.8) is 0 Å². The van der Waals surface area contributed by atoms with E-state index in [2.05, 4.69) is 83.2 Å². The van der Waals surface area contributed by atoms with Crippen LogP contribution in [0.1, 0.15) is 53.0 Å². The molecule has 2 rings (SSSR count). The van der Waals surface area contributed by atoms with E-state index in [9.17, 15) is 0 Å². The zero-order chi connectivity index (χ0) is 16.2. The highest BCUT2D eigenvalue weighted by Gasteiger charge is 2.31. The summed E-state index contributed by atoms with van der Waals surface area (Å²) in [7, 11) is 0. The second-order valence-corrected chi connectivity index (χ2v) is 7.38. The van der Waals surface area contributed by atoms with Gasteiger partial charge in [0, 0.05) is 5.92 Å². The fraction of sp³-hybridized carbons (Fsp3) is 0.455. The molecule has 1 atom stereocenters. The lowest BCUT2D eigenvalue weighted by atomic mass is 9.68. The predicted octanol–water partition coefficient (Wildman–Crippen LogP) is 6.50. The fourth-order valence-electron chi connectivity index (χ4n) is 3.36. The first-order valence-electron chi connectivity index (χ1n) is 8.46. The Hall–Kier alpha value is -1.56. The van der Waals surface area contributed by atoms with Crippen LogP contribution in [-0.4, -0.2) is 0 Å². The van der Waals surface area contributed by atoms with Crippen LogP contribution in [0.3, 0.4) is 0 Å². The first-order chi connectivity index (χ1) is 10.4. The molecule has 0 nitrogen and oxygen atoms in total. The number of hydrogen-bond acceptors (Lipinski definition) is 0. The molecule has 0 heteroatoms. The summed E-state index contributed by atoms with van der Waals surface area (Å²) < 4.78 is 0. The Morgan fingerprint density at radius 2 is 1.82 bits per heavy atom. The van der Waals surface area contributed by atoms with E-state index in [4.69, 9.17) is 0 Å². The lowest BCUT2D eigenvalue weighted by molar-refractivity contribution is 0.255. The molecular weight excluding hydrogens is 264 g/mol. The Morgan fingerprint density at radius 3 is 2.45 bits per heavy atom. The highest BCUT2D eigenvalue weighted by molar-refractivity contribution is 5.33. The van der Waals surface area contributed by atoms with E-state index in [0.717, 1.165) is 6.42 Å². The van der Waals surface area contributed by atoms with Gasteiger partial charge in [0.05, 0.1) is 0 Å². The van der Waals surface area contributed by atoms with E-state index < -0.39 is 0 Å². The van der Waals surface area contributed by atoms with Crippen LogP contribution in [0.4, 0.5) is 0 Å². The molecule has 1 aromatic carbocycles. The second kappa shape index (κ2) is 7.13. The van der Waals surface area contributed by atoms with Crippen LogP contribution < -0.4 is 0 Å². The van der Waals surface area contributed by atoms with Crippen LogP contribution in [-0.2, 0) is 6.42 Å². The summed E-state index contributed by atoms with van der Waals surface area (Å²) in [4.78, 5) is 0. The standard InChI is InChI=1S/C22H30/c1-17(13-14-20-11-7-6-8-12-20)19(3)16-21-18(2)10-9-15-22(21,4)5/h6-8,10-13,16,21H,9,14-15H2,1-5H3/b17-13+,19-16+. The zero-order valence-electron chi connectivity index (χ0n) is 14.8. The molecule has 0 heterocycles. The van der Waals surface area contributed by atoms with Crippen LogP contribution in [0, 0.1) is 11.3 Å². The summed E-state index contributed by atoms with van der Waals surface area (Å²) in [5, 5.41) is 0. The minimum absolute atomic E-state index is 0.375. The Balaban J connectivity index is 2.13. The highest BCUT2D eigenvalue weighted by Crippen LogP contribution is 2.42. The molecule has 0 saturated heterocycles. The van der Waals surface area contributed by atoms with Crippen molar-refractivity contribution < 1.29 is 0 Å². The van der Waals surface area contributed by atoms with Crippen molar-refractivity contribution in [3.05, 3.63) is 70.8 Å². The van der Waals surface area contributed by atoms with Crippen LogP contribution in [0.5, 0.6) is 0 Å². The quantitative estimate of drug-likeness (QED) is 0.439. The third kappa shape index (κ3) is 4.22. The van der Waals surface area contributed by atoms with E-state index in [1.807, 2.05) is 0 Å². The Labute approximate surface area is 136 Å². The van der Waals surface area contributed by atoms with Crippen molar-refractivity contribution in [2.75, 3.05) is 0 Å². The minimum atomic E-state index is 0.375. The Kier molecular flexibility index (Phi) is 5.45. The third-order valence-electron chi connectivity index (χ3n) is 5.11. The van der Waals surface area contributed by atoms with Gasteiger partial charge in [0.15, 0.2) is 0 Å². The highest BCUT2D eigenvalue weighted by atomic mass is 14.4. The number of hydrogen-bond donors (Lipinski definition) is 0. The Bertz CT molecular complexity index is 582. The summed E-state index contributed by atoms with van der Waals surface area (Å²) >= 11 is 0. The molecule has 0 saturated carbocycles. The van der Waals surface area contributed by atoms with E-state index >= 15 is 0 Å². The van der Waals surface area contributed by atoms with Gasteiger partial charge in [-0.25, -0.2) is 0 Å². The van der Waals surface area contributed by atoms with Gasteiger partial charge >= 0.3 is 0 Å².